The van der Waals surface area contributed by atoms with Gasteiger partial charge in [0, 0.05) is 50.6 Å². The standard InChI is InChI=1S/C57H90N2O22/c1-33-17-15-13-11-9-7-5-6-8-10-12-14-16-18-40(80-55-52(71)48(50(69)36(4)79-55)58-32-57(75)53(72)51(70)44(66)31-77-57)28-45-47(54(73)59-21-23-76-24-22-59)43(65)30-56(74,81-45)29-39(62)26-42(64)41(63)20-19-37(60)25-38(61)27-46(67)78-35(3)34(2)49(33)68/h5-18,33-45,47-53,55,58,60-66,68-72,74-75H,19-32H2,1-4H3/b6-5+,9-7+,10-8+,13-11+,14-12+,17-15+,18-16+/t33-,34?,35-,36+,37+,38+,39-,40-,41+,42+,43-,44+,45?,47?,48-,49+,50+,51-,52-,53-,55?,56+,57+/m0/s1. The number of carbonyl (C=O) groups excluding carboxylic acids is 2. The van der Waals surface area contributed by atoms with Crippen LogP contribution in [-0.4, -0.2) is 249 Å². The molecule has 15 N–H and O–H groups in total. The summed E-state index contributed by atoms with van der Waals surface area (Å²) in [7, 11) is 0. The summed E-state index contributed by atoms with van der Waals surface area (Å²) in [6.45, 7) is 6.27. The van der Waals surface area contributed by atoms with Crippen molar-refractivity contribution in [1.29, 1.82) is 0 Å². The lowest BCUT2D eigenvalue weighted by molar-refractivity contribution is -0.323. The molecule has 5 rings (SSSR count). The Kier molecular flexibility index (Phi) is 27.4. The van der Waals surface area contributed by atoms with E-state index in [2.05, 4.69) is 5.32 Å². The number of amides is 1. The number of fused-ring (bicyclic) bond motifs is 2. The van der Waals surface area contributed by atoms with E-state index in [1.165, 1.54) is 17.9 Å². The predicted molar refractivity (Wildman–Crippen MR) is 289 cm³/mol. The molecule has 5 heterocycles. The van der Waals surface area contributed by atoms with Crippen LogP contribution in [0.3, 0.4) is 0 Å². The minimum absolute atomic E-state index is 0.129. The predicted octanol–water partition coefficient (Wildman–Crippen LogP) is -2.08. The van der Waals surface area contributed by atoms with Crippen molar-refractivity contribution in [2.24, 2.45) is 17.8 Å². The Hall–Kier alpha value is -3.68. The lowest BCUT2D eigenvalue weighted by atomic mass is 9.81. The van der Waals surface area contributed by atoms with E-state index in [-0.39, 0.29) is 57.9 Å². The maximum absolute atomic E-state index is 14.4. The zero-order chi connectivity index (χ0) is 59.6. The summed E-state index contributed by atoms with van der Waals surface area (Å²) in [6.07, 6.45) is -2.91. The lowest BCUT2D eigenvalue weighted by Gasteiger charge is -2.47. The highest BCUT2D eigenvalue weighted by Gasteiger charge is 2.53. The summed E-state index contributed by atoms with van der Waals surface area (Å²) in [5, 5.41) is 157. The third-order valence-corrected chi connectivity index (χ3v) is 15.6. The van der Waals surface area contributed by atoms with Gasteiger partial charge in [-0.05, 0) is 33.1 Å². The zero-order valence-electron chi connectivity index (χ0n) is 46.6. The number of ether oxygens (including phenoxy) is 6. The van der Waals surface area contributed by atoms with Gasteiger partial charge < -0.3 is 110 Å². The van der Waals surface area contributed by atoms with E-state index in [0.29, 0.717) is 0 Å². The van der Waals surface area contributed by atoms with Crippen LogP contribution in [0.1, 0.15) is 79.1 Å². The maximum atomic E-state index is 14.4. The van der Waals surface area contributed by atoms with E-state index < -0.39 is 184 Å². The van der Waals surface area contributed by atoms with Gasteiger partial charge in [-0.1, -0.05) is 98.9 Å². The summed E-state index contributed by atoms with van der Waals surface area (Å²) in [4.78, 5) is 28.6. The maximum Gasteiger partial charge on any atom is 0.308 e. The van der Waals surface area contributed by atoms with Crippen LogP contribution in [0.5, 0.6) is 0 Å². The fraction of sp³-hybridized carbons (Fsp3) is 0.719. The van der Waals surface area contributed by atoms with Crippen molar-refractivity contribution < 1.29 is 110 Å². The molecule has 23 atom stereocenters. The molecule has 0 aromatic heterocycles. The highest BCUT2D eigenvalue weighted by atomic mass is 16.7. The molecule has 24 heteroatoms. The number of carbonyl (C=O) groups is 2. The number of allylic oxidation sites excluding steroid dienone is 12. The Balaban J connectivity index is 1.42. The van der Waals surface area contributed by atoms with E-state index in [0.717, 1.165) is 0 Å². The number of aliphatic hydroxyl groups excluding tert-OH is 12. The molecule has 0 saturated carbocycles. The topological polar surface area (TPSA) is 388 Å². The quantitative estimate of drug-likeness (QED) is 0.127. The number of nitrogens with zero attached hydrogens (tertiary/aromatic N) is 1. The Bertz CT molecular complexity index is 2140. The molecule has 4 unspecified atom stereocenters. The van der Waals surface area contributed by atoms with Crippen LogP contribution in [0.4, 0.5) is 0 Å². The van der Waals surface area contributed by atoms with Crippen molar-refractivity contribution in [1.82, 2.24) is 10.2 Å². The van der Waals surface area contributed by atoms with Crippen LogP contribution >= 0.6 is 0 Å². The Morgan fingerprint density at radius 2 is 1.26 bits per heavy atom. The average Bonchev–Trinajstić information content (AvgIpc) is 3.52. The van der Waals surface area contributed by atoms with Crippen LogP contribution in [0.2, 0.25) is 0 Å². The number of aliphatic hydroxyl groups is 14. The van der Waals surface area contributed by atoms with E-state index in [1.807, 2.05) is 13.0 Å². The number of nitrogens with one attached hydrogen (secondary N) is 1. The van der Waals surface area contributed by atoms with Crippen molar-refractivity contribution >= 4 is 11.9 Å². The van der Waals surface area contributed by atoms with Gasteiger partial charge in [0.1, 0.15) is 30.5 Å². The molecule has 81 heavy (non-hydrogen) atoms. The van der Waals surface area contributed by atoms with Crippen molar-refractivity contribution in [3.63, 3.8) is 0 Å². The fourth-order valence-electron chi connectivity index (χ4n) is 10.5. The first-order chi connectivity index (χ1) is 38.3. The molecule has 4 saturated heterocycles. The smallest absolute Gasteiger partial charge is 0.308 e. The minimum atomic E-state index is -2.46. The summed E-state index contributed by atoms with van der Waals surface area (Å²) < 4.78 is 34.9. The molecular weight excluding hydrogens is 1060 g/mol. The largest absolute Gasteiger partial charge is 0.462 e. The number of hydrogen-bond acceptors (Lipinski definition) is 23. The second-order valence-corrected chi connectivity index (χ2v) is 22.2. The number of hydrogen-bond donors (Lipinski definition) is 15. The summed E-state index contributed by atoms with van der Waals surface area (Å²) >= 11 is 0. The molecule has 460 valence electrons. The van der Waals surface area contributed by atoms with Gasteiger partial charge in [0.25, 0.3) is 0 Å². The van der Waals surface area contributed by atoms with E-state index in [4.69, 9.17) is 28.4 Å². The second-order valence-electron chi connectivity index (χ2n) is 22.2. The molecule has 1 amide bonds. The molecule has 24 nitrogen and oxygen atoms in total. The van der Waals surface area contributed by atoms with Crippen molar-refractivity contribution in [2.75, 3.05) is 39.5 Å². The molecular formula is C57H90N2O22. The van der Waals surface area contributed by atoms with E-state index >= 15 is 0 Å². The van der Waals surface area contributed by atoms with Crippen molar-refractivity contribution in [2.45, 2.75) is 201 Å². The molecule has 0 radical (unpaired) electrons. The monoisotopic (exact) mass is 1150 g/mol. The normalized spacial score (nSPS) is 45.8. The molecule has 4 fully saturated rings. The minimum Gasteiger partial charge on any atom is -0.462 e. The van der Waals surface area contributed by atoms with Gasteiger partial charge in [-0.2, -0.15) is 0 Å². The fourth-order valence-corrected chi connectivity index (χ4v) is 10.5. The SMILES string of the molecule is CC1[C@H](C)OC(=O)C[C@H](O)C[C@H](O)CC[C@@H](O)[C@H](O)C[C@H](O)C[C@]2(O)C[C@H](O)C(C(=O)N3CCOCC3)C(C[C@@H](OC3O[C@H](C)[C@@H](O)[C@H](NC[C@@]4(O)OC[C@@H](O)[C@H](O)[C@@H]4O)[C@@H]3O)/C=C/C=C/C=C/C=C/C=C/C=C/C=C/[C@H](C)[C@H]1O)O2. The first-order valence-corrected chi connectivity index (χ1v) is 28.0. The van der Waals surface area contributed by atoms with Gasteiger partial charge in [0.15, 0.2) is 12.1 Å². The van der Waals surface area contributed by atoms with Crippen LogP contribution in [-0.2, 0) is 38.0 Å². The number of cyclic esters (lactones) is 1. The van der Waals surface area contributed by atoms with Crippen molar-refractivity contribution in [3.8, 4) is 0 Å². The van der Waals surface area contributed by atoms with Crippen LogP contribution in [0.15, 0.2) is 85.1 Å². The first kappa shape index (κ1) is 68.1. The highest BCUT2D eigenvalue weighted by molar-refractivity contribution is 5.80. The third-order valence-electron chi connectivity index (χ3n) is 15.6. The molecule has 0 aliphatic carbocycles. The van der Waals surface area contributed by atoms with E-state index in [9.17, 15) is 81.1 Å². The summed E-state index contributed by atoms with van der Waals surface area (Å²) in [5.74, 6) is -8.22. The number of morpholine rings is 1. The average molecular weight is 1160 g/mol. The molecule has 0 aromatic carbocycles. The van der Waals surface area contributed by atoms with Crippen molar-refractivity contribution in [3.05, 3.63) is 85.1 Å². The molecule has 5 aliphatic rings. The molecule has 0 aromatic rings. The van der Waals surface area contributed by atoms with E-state index in [1.54, 1.807) is 86.8 Å². The van der Waals surface area contributed by atoms with Crippen LogP contribution in [0.25, 0.3) is 0 Å². The zero-order valence-corrected chi connectivity index (χ0v) is 46.6. The lowest BCUT2D eigenvalue weighted by Crippen LogP contribution is -2.69. The van der Waals surface area contributed by atoms with Gasteiger partial charge >= 0.3 is 5.97 Å². The molecule has 5 aliphatic heterocycles. The third kappa shape index (κ3) is 20.5. The van der Waals surface area contributed by atoms with Crippen LogP contribution in [0, 0.1) is 17.8 Å². The summed E-state index contributed by atoms with van der Waals surface area (Å²) in [6, 6.07) is -1.34. The number of rotatable bonds is 6. The Morgan fingerprint density at radius 1 is 0.654 bits per heavy atom. The van der Waals surface area contributed by atoms with Gasteiger partial charge in [0.2, 0.25) is 11.7 Å². The van der Waals surface area contributed by atoms with Gasteiger partial charge in [-0.15, -0.1) is 0 Å². The Labute approximate surface area is 473 Å². The molecule has 2 bridgehead atoms. The molecule has 0 spiro atoms. The highest BCUT2D eigenvalue weighted by Crippen LogP contribution is 2.39. The Morgan fingerprint density at radius 3 is 1.89 bits per heavy atom. The van der Waals surface area contributed by atoms with Crippen LogP contribution < -0.4 is 5.32 Å². The first-order valence-electron chi connectivity index (χ1n) is 28.0. The van der Waals surface area contributed by atoms with Gasteiger partial charge in [-0.25, -0.2) is 0 Å². The summed E-state index contributed by atoms with van der Waals surface area (Å²) in [5.41, 5.74) is 0. The second kappa shape index (κ2) is 32.6. The van der Waals surface area contributed by atoms with Gasteiger partial charge in [-0.3, -0.25) is 9.59 Å². The number of esters is 1. The van der Waals surface area contributed by atoms with Gasteiger partial charge in [0.05, 0.1) is 112 Å².